The first-order chi connectivity index (χ1) is 7.71. The maximum absolute atomic E-state index is 9.15. The van der Waals surface area contributed by atoms with Gasteiger partial charge in [0.05, 0.1) is 6.07 Å². The van der Waals surface area contributed by atoms with Crippen molar-refractivity contribution in [2.24, 2.45) is 5.92 Å². The second-order valence-electron chi connectivity index (χ2n) is 3.83. The molecule has 1 aromatic rings. The number of hydrogen-bond acceptors (Lipinski definition) is 2. The van der Waals surface area contributed by atoms with Crippen LogP contribution in [0.1, 0.15) is 26.7 Å². The Bertz CT molecular complexity index is 349. The van der Waals surface area contributed by atoms with Crippen LogP contribution in [-0.2, 0) is 0 Å². The maximum Gasteiger partial charge on any atom is 0.117 e. The number of benzene rings is 1. The van der Waals surface area contributed by atoms with E-state index < -0.39 is 0 Å². The quantitative estimate of drug-likeness (QED) is 0.878. The number of hydrogen-bond donors (Lipinski definition) is 1. The summed E-state index contributed by atoms with van der Waals surface area (Å²) in [6.45, 7) is 4.25. The molecule has 3 heteroatoms. The standard InChI is InChI=1S/C13H17BrN2/c1-3-10(4-2)13(9-15)16-12-7-5-11(14)6-8-12/h5-8,10,13,16H,3-4H2,1-2H3. The normalized spacial score (nSPS) is 12.2. The van der Waals surface area contributed by atoms with Gasteiger partial charge in [-0.15, -0.1) is 0 Å². The highest BCUT2D eigenvalue weighted by atomic mass is 79.9. The maximum atomic E-state index is 9.15. The van der Waals surface area contributed by atoms with Gasteiger partial charge in [0.1, 0.15) is 6.04 Å². The van der Waals surface area contributed by atoms with Crippen LogP contribution in [0.4, 0.5) is 5.69 Å². The van der Waals surface area contributed by atoms with Gasteiger partial charge >= 0.3 is 0 Å². The monoisotopic (exact) mass is 280 g/mol. The molecule has 0 amide bonds. The summed E-state index contributed by atoms with van der Waals surface area (Å²) in [4.78, 5) is 0. The lowest BCUT2D eigenvalue weighted by Crippen LogP contribution is -2.26. The van der Waals surface area contributed by atoms with Crippen LogP contribution in [0.25, 0.3) is 0 Å². The van der Waals surface area contributed by atoms with Crippen LogP contribution in [-0.4, -0.2) is 6.04 Å². The lowest BCUT2D eigenvalue weighted by molar-refractivity contribution is 0.469. The van der Waals surface area contributed by atoms with Crippen molar-refractivity contribution in [2.75, 3.05) is 5.32 Å². The van der Waals surface area contributed by atoms with Crippen molar-refractivity contribution in [3.05, 3.63) is 28.7 Å². The van der Waals surface area contributed by atoms with Gasteiger partial charge in [-0.05, 0) is 30.2 Å². The minimum Gasteiger partial charge on any atom is -0.370 e. The number of nitrogens with zero attached hydrogens (tertiary/aromatic N) is 1. The fourth-order valence-corrected chi connectivity index (χ4v) is 2.01. The molecule has 16 heavy (non-hydrogen) atoms. The van der Waals surface area contributed by atoms with Gasteiger partial charge in [-0.1, -0.05) is 42.6 Å². The number of halogens is 1. The minimum atomic E-state index is -0.101. The Morgan fingerprint density at radius 3 is 2.25 bits per heavy atom. The summed E-state index contributed by atoms with van der Waals surface area (Å²) in [6, 6.07) is 10.2. The van der Waals surface area contributed by atoms with Crippen molar-refractivity contribution < 1.29 is 0 Å². The summed E-state index contributed by atoms with van der Waals surface area (Å²) >= 11 is 3.39. The van der Waals surface area contributed by atoms with Gasteiger partial charge in [-0.3, -0.25) is 0 Å². The molecule has 0 heterocycles. The molecule has 1 N–H and O–H groups in total. The SMILES string of the molecule is CCC(CC)C(C#N)Nc1ccc(Br)cc1. The van der Waals surface area contributed by atoms with Crippen LogP contribution < -0.4 is 5.32 Å². The summed E-state index contributed by atoms with van der Waals surface area (Å²) < 4.78 is 1.05. The third-order valence-electron chi connectivity index (χ3n) is 2.83. The van der Waals surface area contributed by atoms with Gasteiger partial charge in [-0.25, -0.2) is 0 Å². The first kappa shape index (κ1) is 13.1. The molecule has 0 spiro atoms. The van der Waals surface area contributed by atoms with Crippen LogP contribution in [0.3, 0.4) is 0 Å². The van der Waals surface area contributed by atoms with E-state index in [9.17, 15) is 0 Å². The fraction of sp³-hybridized carbons (Fsp3) is 0.462. The van der Waals surface area contributed by atoms with Crippen molar-refractivity contribution >= 4 is 21.6 Å². The molecule has 0 fully saturated rings. The van der Waals surface area contributed by atoms with E-state index in [0.717, 1.165) is 23.0 Å². The van der Waals surface area contributed by atoms with Crippen LogP contribution >= 0.6 is 15.9 Å². The molecule has 2 nitrogen and oxygen atoms in total. The van der Waals surface area contributed by atoms with E-state index in [2.05, 4.69) is 41.2 Å². The molecule has 1 unspecified atom stereocenters. The van der Waals surface area contributed by atoms with Crippen molar-refractivity contribution in [1.82, 2.24) is 0 Å². The molecule has 0 aromatic heterocycles. The Kier molecular flexibility index (Phi) is 5.34. The molecule has 0 aliphatic carbocycles. The lowest BCUT2D eigenvalue weighted by atomic mass is 9.95. The van der Waals surface area contributed by atoms with Crippen molar-refractivity contribution in [1.29, 1.82) is 5.26 Å². The molecule has 0 radical (unpaired) electrons. The van der Waals surface area contributed by atoms with Crippen LogP contribution in [0.2, 0.25) is 0 Å². The number of nitrogens with one attached hydrogen (secondary N) is 1. The molecule has 1 aromatic carbocycles. The Morgan fingerprint density at radius 2 is 1.81 bits per heavy atom. The lowest BCUT2D eigenvalue weighted by Gasteiger charge is -2.21. The third-order valence-corrected chi connectivity index (χ3v) is 3.35. The molecule has 0 aliphatic rings. The zero-order chi connectivity index (χ0) is 12.0. The van der Waals surface area contributed by atoms with Gasteiger partial charge in [0.25, 0.3) is 0 Å². The molecule has 0 bridgehead atoms. The Morgan fingerprint density at radius 1 is 1.25 bits per heavy atom. The van der Waals surface area contributed by atoms with E-state index in [-0.39, 0.29) is 6.04 Å². The summed E-state index contributed by atoms with van der Waals surface area (Å²) in [5.74, 6) is 0.411. The smallest absolute Gasteiger partial charge is 0.117 e. The Hall–Kier alpha value is -1.01. The fourth-order valence-electron chi connectivity index (χ4n) is 1.74. The second kappa shape index (κ2) is 6.55. The minimum absolute atomic E-state index is 0.101. The topological polar surface area (TPSA) is 35.8 Å². The van der Waals surface area contributed by atoms with Crippen molar-refractivity contribution in [2.45, 2.75) is 32.7 Å². The molecule has 1 rings (SSSR count). The summed E-state index contributed by atoms with van der Waals surface area (Å²) in [6.07, 6.45) is 2.05. The predicted octanol–water partition coefficient (Wildman–Crippen LogP) is 4.19. The number of rotatable bonds is 5. The third kappa shape index (κ3) is 3.53. The zero-order valence-corrected chi connectivity index (χ0v) is 11.3. The van der Waals surface area contributed by atoms with E-state index in [4.69, 9.17) is 5.26 Å². The first-order valence-corrected chi connectivity index (χ1v) is 6.42. The molecule has 1 atom stereocenters. The zero-order valence-electron chi connectivity index (χ0n) is 9.70. The van der Waals surface area contributed by atoms with E-state index in [1.807, 2.05) is 24.3 Å². The molecular weight excluding hydrogens is 264 g/mol. The predicted molar refractivity (Wildman–Crippen MR) is 71.2 cm³/mol. The van der Waals surface area contributed by atoms with Crippen LogP contribution in [0, 0.1) is 17.2 Å². The highest BCUT2D eigenvalue weighted by molar-refractivity contribution is 9.10. The van der Waals surface area contributed by atoms with E-state index >= 15 is 0 Å². The molecule has 86 valence electrons. The van der Waals surface area contributed by atoms with Crippen molar-refractivity contribution in [3.63, 3.8) is 0 Å². The van der Waals surface area contributed by atoms with E-state index in [1.165, 1.54) is 0 Å². The van der Waals surface area contributed by atoms with E-state index in [1.54, 1.807) is 0 Å². The number of anilines is 1. The Labute approximate surface area is 106 Å². The second-order valence-corrected chi connectivity index (χ2v) is 4.75. The van der Waals surface area contributed by atoms with Gasteiger partial charge in [0, 0.05) is 10.2 Å². The van der Waals surface area contributed by atoms with Gasteiger partial charge in [-0.2, -0.15) is 5.26 Å². The van der Waals surface area contributed by atoms with Crippen LogP contribution in [0.15, 0.2) is 28.7 Å². The number of nitriles is 1. The molecule has 0 aliphatic heterocycles. The van der Waals surface area contributed by atoms with Crippen molar-refractivity contribution in [3.8, 4) is 6.07 Å². The largest absolute Gasteiger partial charge is 0.370 e. The molecule has 0 saturated carbocycles. The van der Waals surface area contributed by atoms with E-state index in [0.29, 0.717) is 5.92 Å². The summed E-state index contributed by atoms with van der Waals surface area (Å²) in [5, 5.41) is 12.4. The average Bonchev–Trinajstić information content (AvgIpc) is 2.32. The highest BCUT2D eigenvalue weighted by Gasteiger charge is 2.17. The Balaban J connectivity index is 2.70. The molecular formula is C13H17BrN2. The first-order valence-electron chi connectivity index (χ1n) is 5.63. The van der Waals surface area contributed by atoms with Gasteiger partial charge in [0.15, 0.2) is 0 Å². The highest BCUT2D eigenvalue weighted by Crippen LogP contribution is 2.19. The van der Waals surface area contributed by atoms with Gasteiger partial charge < -0.3 is 5.32 Å². The molecule has 0 saturated heterocycles. The van der Waals surface area contributed by atoms with Gasteiger partial charge in [0.2, 0.25) is 0 Å². The summed E-state index contributed by atoms with van der Waals surface area (Å²) in [5.41, 5.74) is 1.00. The van der Waals surface area contributed by atoms with Crippen LogP contribution in [0.5, 0.6) is 0 Å². The average molecular weight is 281 g/mol. The summed E-state index contributed by atoms with van der Waals surface area (Å²) in [7, 11) is 0.